The molecule has 0 saturated heterocycles. The number of benzene rings is 2. The van der Waals surface area contributed by atoms with E-state index in [2.05, 4.69) is 5.32 Å². The smallest absolute Gasteiger partial charge is 0.255 e. The Kier molecular flexibility index (Phi) is 3.97. The minimum absolute atomic E-state index is 0.211. The summed E-state index contributed by atoms with van der Waals surface area (Å²) in [6, 6.07) is 13.8. The molecule has 0 bridgehead atoms. The minimum atomic E-state index is -0.549. The van der Waals surface area contributed by atoms with Crippen LogP contribution in [0.15, 0.2) is 48.5 Å². The maximum absolute atomic E-state index is 12.1. The number of nitrogens with one attached hydrogen (secondary N) is 1. The van der Waals surface area contributed by atoms with Crippen molar-refractivity contribution in [1.82, 2.24) is 0 Å². The fourth-order valence-corrected chi connectivity index (χ4v) is 1.86. The van der Waals surface area contributed by atoms with Crippen molar-refractivity contribution in [2.75, 3.05) is 5.32 Å². The van der Waals surface area contributed by atoms with Gasteiger partial charge in [-0.05, 0) is 48.4 Å². The van der Waals surface area contributed by atoms with Crippen molar-refractivity contribution >= 4 is 28.4 Å². The molecular formula is C15H12ClNO2. The molecule has 2 aromatic rings. The molecule has 0 aliphatic rings. The molecule has 4 heteroatoms. The molecule has 0 spiro atoms. The van der Waals surface area contributed by atoms with Gasteiger partial charge in [0.05, 0.1) is 0 Å². The van der Waals surface area contributed by atoms with Crippen LogP contribution in [0.2, 0.25) is 0 Å². The van der Waals surface area contributed by atoms with Crippen LogP contribution in [0.25, 0.3) is 0 Å². The highest BCUT2D eigenvalue weighted by molar-refractivity contribution is 6.67. The number of hydrogen-bond acceptors (Lipinski definition) is 2. The van der Waals surface area contributed by atoms with Gasteiger partial charge in [0.15, 0.2) is 0 Å². The number of amides is 1. The van der Waals surface area contributed by atoms with E-state index in [1.807, 2.05) is 19.1 Å². The van der Waals surface area contributed by atoms with Gasteiger partial charge >= 0.3 is 0 Å². The van der Waals surface area contributed by atoms with Crippen LogP contribution in [0.4, 0.5) is 5.69 Å². The van der Waals surface area contributed by atoms with E-state index in [0.29, 0.717) is 16.8 Å². The Bertz CT molecular complexity index is 638. The van der Waals surface area contributed by atoms with Crippen molar-refractivity contribution in [2.24, 2.45) is 0 Å². The summed E-state index contributed by atoms with van der Waals surface area (Å²) in [5.74, 6) is -0.211. The molecule has 0 unspecified atom stereocenters. The lowest BCUT2D eigenvalue weighted by molar-refractivity contribution is 0.102. The third kappa shape index (κ3) is 3.20. The van der Waals surface area contributed by atoms with Crippen LogP contribution in [-0.2, 0) is 0 Å². The highest BCUT2D eigenvalue weighted by Crippen LogP contribution is 2.15. The van der Waals surface area contributed by atoms with E-state index in [4.69, 9.17) is 11.6 Å². The first-order valence-electron chi connectivity index (χ1n) is 5.75. The zero-order chi connectivity index (χ0) is 13.8. The van der Waals surface area contributed by atoms with Crippen molar-refractivity contribution in [3.63, 3.8) is 0 Å². The largest absolute Gasteiger partial charge is 0.322 e. The van der Waals surface area contributed by atoms with Gasteiger partial charge in [-0.1, -0.05) is 24.3 Å². The van der Waals surface area contributed by atoms with Crippen LogP contribution in [0.5, 0.6) is 0 Å². The molecule has 3 nitrogen and oxygen atoms in total. The third-order valence-electron chi connectivity index (χ3n) is 2.74. The summed E-state index contributed by atoms with van der Waals surface area (Å²) >= 11 is 5.40. The van der Waals surface area contributed by atoms with Crippen LogP contribution < -0.4 is 5.32 Å². The SMILES string of the molecule is Cc1ccccc1C(=O)Nc1cccc(C(=O)Cl)c1. The number of carbonyl (C=O) groups excluding carboxylic acids is 2. The molecule has 2 aromatic carbocycles. The maximum atomic E-state index is 12.1. The predicted molar refractivity (Wildman–Crippen MR) is 75.8 cm³/mol. The molecule has 19 heavy (non-hydrogen) atoms. The van der Waals surface area contributed by atoms with Crippen LogP contribution in [0.1, 0.15) is 26.3 Å². The molecule has 0 atom stereocenters. The molecule has 0 aliphatic carbocycles. The van der Waals surface area contributed by atoms with Crippen molar-refractivity contribution < 1.29 is 9.59 Å². The van der Waals surface area contributed by atoms with E-state index in [9.17, 15) is 9.59 Å². The number of anilines is 1. The second-order valence-electron chi connectivity index (χ2n) is 4.12. The lowest BCUT2D eigenvalue weighted by Crippen LogP contribution is -2.13. The molecule has 0 fully saturated rings. The topological polar surface area (TPSA) is 46.2 Å². The zero-order valence-electron chi connectivity index (χ0n) is 10.3. The fraction of sp³-hybridized carbons (Fsp3) is 0.0667. The van der Waals surface area contributed by atoms with Gasteiger partial charge in [0.25, 0.3) is 11.1 Å². The average Bonchev–Trinajstić information content (AvgIpc) is 2.39. The normalized spacial score (nSPS) is 10.0. The minimum Gasteiger partial charge on any atom is -0.322 e. The molecule has 96 valence electrons. The number of halogens is 1. The highest BCUT2D eigenvalue weighted by Gasteiger charge is 2.09. The highest BCUT2D eigenvalue weighted by atomic mass is 35.5. The number of rotatable bonds is 3. The van der Waals surface area contributed by atoms with Crippen LogP contribution in [0.3, 0.4) is 0 Å². The first-order valence-corrected chi connectivity index (χ1v) is 6.12. The van der Waals surface area contributed by atoms with Gasteiger partial charge in [0.1, 0.15) is 0 Å². The molecule has 1 amide bonds. The summed E-state index contributed by atoms with van der Waals surface area (Å²) in [4.78, 5) is 23.1. The number of hydrogen-bond donors (Lipinski definition) is 1. The maximum Gasteiger partial charge on any atom is 0.255 e. The summed E-state index contributed by atoms with van der Waals surface area (Å²) < 4.78 is 0. The second kappa shape index (κ2) is 5.67. The standard InChI is InChI=1S/C15H12ClNO2/c1-10-5-2-3-8-13(10)15(19)17-12-7-4-6-11(9-12)14(16)18/h2-9H,1H3,(H,17,19). The molecule has 0 saturated carbocycles. The predicted octanol–water partition coefficient (Wildman–Crippen LogP) is 3.63. The van der Waals surface area contributed by atoms with Crippen molar-refractivity contribution in [3.05, 3.63) is 65.2 Å². The Morgan fingerprint density at radius 3 is 2.47 bits per heavy atom. The molecule has 0 aromatic heterocycles. The van der Waals surface area contributed by atoms with Gasteiger partial charge in [0.2, 0.25) is 0 Å². The van der Waals surface area contributed by atoms with E-state index >= 15 is 0 Å². The first kappa shape index (κ1) is 13.3. The van der Waals surface area contributed by atoms with Gasteiger partial charge in [-0.2, -0.15) is 0 Å². The van der Waals surface area contributed by atoms with Gasteiger partial charge in [-0.25, -0.2) is 0 Å². The molecule has 2 rings (SSSR count). The molecule has 1 N–H and O–H groups in total. The quantitative estimate of drug-likeness (QED) is 0.868. The molecule has 0 aliphatic heterocycles. The van der Waals surface area contributed by atoms with E-state index in [1.165, 1.54) is 0 Å². The van der Waals surface area contributed by atoms with Crippen LogP contribution in [-0.4, -0.2) is 11.1 Å². The Balaban J connectivity index is 2.22. The van der Waals surface area contributed by atoms with Gasteiger partial charge < -0.3 is 5.32 Å². The van der Waals surface area contributed by atoms with Crippen molar-refractivity contribution in [2.45, 2.75) is 6.92 Å². The summed E-state index contributed by atoms with van der Waals surface area (Å²) in [5, 5.41) is 2.20. The summed E-state index contributed by atoms with van der Waals surface area (Å²) in [7, 11) is 0. The van der Waals surface area contributed by atoms with Crippen LogP contribution in [0, 0.1) is 6.92 Å². The van der Waals surface area contributed by atoms with Gasteiger partial charge in [0, 0.05) is 16.8 Å². The van der Waals surface area contributed by atoms with E-state index < -0.39 is 5.24 Å². The molecular weight excluding hydrogens is 262 g/mol. The summed E-state index contributed by atoms with van der Waals surface area (Å²) in [6.07, 6.45) is 0. The van der Waals surface area contributed by atoms with Crippen molar-refractivity contribution in [1.29, 1.82) is 0 Å². The molecule has 0 radical (unpaired) electrons. The number of carbonyl (C=O) groups is 2. The average molecular weight is 274 g/mol. The van der Waals surface area contributed by atoms with Gasteiger partial charge in [-0.15, -0.1) is 0 Å². The first-order chi connectivity index (χ1) is 9.08. The fourth-order valence-electron chi connectivity index (χ4n) is 1.75. The Hall–Kier alpha value is -2.13. The van der Waals surface area contributed by atoms with E-state index in [1.54, 1.807) is 36.4 Å². The number of aryl methyl sites for hydroxylation is 1. The summed E-state index contributed by atoms with van der Waals surface area (Å²) in [6.45, 7) is 1.87. The van der Waals surface area contributed by atoms with Gasteiger partial charge in [-0.3, -0.25) is 9.59 Å². The Labute approximate surface area is 116 Å². The lowest BCUT2D eigenvalue weighted by atomic mass is 10.1. The molecule has 0 heterocycles. The lowest BCUT2D eigenvalue weighted by Gasteiger charge is -2.08. The van der Waals surface area contributed by atoms with Crippen molar-refractivity contribution in [3.8, 4) is 0 Å². The van der Waals surface area contributed by atoms with E-state index in [-0.39, 0.29) is 5.91 Å². The second-order valence-corrected chi connectivity index (χ2v) is 4.47. The summed E-state index contributed by atoms with van der Waals surface area (Å²) in [5.41, 5.74) is 2.39. The van der Waals surface area contributed by atoms with E-state index in [0.717, 1.165) is 5.56 Å². The Morgan fingerprint density at radius 1 is 1.05 bits per heavy atom. The van der Waals surface area contributed by atoms with Crippen LogP contribution >= 0.6 is 11.6 Å². The third-order valence-corrected chi connectivity index (χ3v) is 2.96. The monoisotopic (exact) mass is 273 g/mol. The zero-order valence-corrected chi connectivity index (χ0v) is 11.1. The Morgan fingerprint density at radius 2 is 1.79 bits per heavy atom.